The van der Waals surface area contributed by atoms with Crippen molar-refractivity contribution in [1.82, 2.24) is 5.32 Å². The molecule has 6 heteroatoms. The Morgan fingerprint density at radius 1 is 1.00 bits per heavy atom. The molecule has 1 aliphatic rings. The van der Waals surface area contributed by atoms with E-state index in [1.54, 1.807) is 30.3 Å². The Balaban J connectivity index is 1.46. The predicted molar refractivity (Wildman–Crippen MR) is 94.2 cm³/mol. The highest BCUT2D eigenvalue weighted by atomic mass is 16.6. The summed E-state index contributed by atoms with van der Waals surface area (Å²) in [7, 11) is 0. The van der Waals surface area contributed by atoms with Crippen LogP contribution >= 0.6 is 0 Å². The lowest BCUT2D eigenvalue weighted by Crippen LogP contribution is -2.27. The van der Waals surface area contributed by atoms with Gasteiger partial charge < -0.3 is 20.1 Å². The van der Waals surface area contributed by atoms with E-state index in [4.69, 9.17) is 9.47 Å². The molecule has 0 spiro atoms. The first-order chi connectivity index (χ1) is 12.1. The zero-order valence-electron chi connectivity index (χ0n) is 14.0. The second-order valence-electron chi connectivity index (χ2n) is 5.78. The highest BCUT2D eigenvalue weighted by Gasteiger charge is 2.13. The molecule has 25 heavy (non-hydrogen) atoms. The molecule has 2 amide bonds. The smallest absolute Gasteiger partial charge is 0.251 e. The number of hydrogen-bond donors (Lipinski definition) is 2. The fraction of sp³-hybridized carbons (Fsp3) is 0.263. The van der Waals surface area contributed by atoms with E-state index in [0.29, 0.717) is 36.0 Å². The first-order valence-corrected chi connectivity index (χ1v) is 8.16. The molecule has 0 aliphatic carbocycles. The predicted octanol–water partition coefficient (Wildman–Crippen LogP) is 2.52. The molecule has 2 N–H and O–H groups in total. The summed E-state index contributed by atoms with van der Waals surface area (Å²) < 4.78 is 10.9. The average Bonchev–Trinajstić information content (AvgIpc) is 2.62. The summed E-state index contributed by atoms with van der Waals surface area (Å²) >= 11 is 0. The summed E-state index contributed by atoms with van der Waals surface area (Å²) in [5.41, 5.74) is 2.31. The lowest BCUT2D eigenvalue weighted by molar-refractivity contribution is -0.116. The van der Waals surface area contributed by atoms with Gasteiger partial charge in [0.15, 0.2) is 11.5 Å². The number of anilines is 1. The number of benzene rings is 2. The molecule has 0 aromatic heterocycles. The molecule has 2 aromatic rings. The number of fused-ring (bicyclic) bond motifs is 1. The molecular weight excluding hydrogens is 320 g/mol. The van der Waals surface area contributed by atoms with Gasteiger partial charge in [0.1, 0.15) is 13.2 Å². The number of hydrogen-bond acceptors (Lipinski definition) is 4. The summed E-state index contributed by atoms with van der Waals surface area (Å²) in [5, 5.41) is 5.53. The van der Waals surface area contributed by atoms with Gasteiger partial charge in [-0.1, -0.05) is 17.7 Å². The van der Waals surface area contributed by atoms with E-state index in [1.165, 1.54) is 0 Å². The topological polar surface area (TPSA) is 76.7 Å². The summed E-state index contributed by atoms with van der Waals surface area (Å²) in [6.07, 6.45) is 0.187. The fourth-order valence-electron chi connectivity index (χ4n) is 2.44. The van der Waals surface area contributed by atoms with Crippen molar-refractivity contribution in [3.8, 4) is 11.5 Å². The molecule has 6 nitrogen and oxygen atoms in total. The molecule has 3 rings (SSSR count). The van der Waals surface area contributed by atoms with Gasteiger partial charge in [-0.05, 0) is 31.2 Å². The number of nitrogens with one attached hydrogen (secondary N) is 2. The first-order valence-electron chi connectivity index (χ1n) is 8.16. The molecule has 0 unspecified atom stereocenters. The van der Waals surface area contributed by atoms with E-state index >= 15 is 0 Å². The molecule has 0 bridgehead atoms. The molecule has 130 valence electrons. The minimum absolute atomic E-state index is 0.180. The van der Waals surface area contributed by atoms with E-state index in [9.17, 15) is 9.59 Å². The largest absolute Gasteiger partial charge is 0.486 e. The van der Waals surface area contributed by atoms with Gasteiger partial charge in [0.05, 0.1) is 0 Å². The van der Waals surface area contributed by atoms with Crippen LogP contribution in [0.25, 0.3) is 0 Å². The van der Waals surface area contributed by atoms with E-state index in [0.717, 1.165) is 5.56 Å². The Hall–Kier alpha value is -3.02. The van der Waals surface area contributed by atoms with E-state index < -0.39 is 0 Å². The Morgan fingerprint density at radius 3 is 2.48 bits per heavy atom. The monoisotopic (exact) mass is 340 g/mol. The molecule has 0 saturated carbocycles. The number of aryl methyl sites for hydroxylation is 1. The van der Waals surface area contributed by atoms with Crippen LogP contribution in [0.2, 0.25) is 0 Å². The van der Waals surface area contributed by atoms with E-state index in [-0.39, 0.29) is 24.8 Å². The Kier molecular flexibility index (Phi) is 5.18. The van der Waals surface area contributed by atoms with Gasteiger partial charge in [-0.3, -0.25) is 9.59 Å². The molecule has 1 aliphatic heterocycles. The normalized spacial score (nSPS) is 12.4. The Bertz CT molecular complexity index is 771. The molecule has 2 aromatic carbocycles. The second kappa shape index (κ2) is 7.70. The lowest BCUT2D eigenvalue weighted by Gasteiger charge is -2.19. The highest BCUT2D eigenvalue weighted by Crippen LogP contribution is 2.32. The van der Waals surface area contributed by atoms with Crippen LogP contribution in [0.15, 0.2) is 42.5 Å². The third kappa shape index (κ3) is 4.50. The third-order valence-corrected chi connectivity index (χ3v) is 3.78. The highest BCUT2D eigenvalue weighted by molar-refractivity contribution is 5.95. The molecule has 0 radical (unpaired) electrons. The van der Waals surface area contributed by atoms with Crippen LogP contribution in [0.4, 0.5) is 5.69 Å². The third-order valence-electron chi connectivity index (χ3n) is 3.78. The quantitative estimate of drug-likeness (QED) is 0.877. The van der Waals surface area contributed by atoms with Gasteiger partial charge in [0.2, 0.25) is 5.91 Å². The van der Waals surface area contributed by atoms with Gasteiger partial charge >= 0.3 is 0 Å². The van der Waals surface area contributed by atoms with Gasteiger partial charge in [-0.15, -0.1) is 0 Å². The number of carbonyl (C=O) groups excluding carboxylic acids is 2. The summed E-state index contributed by atoms with van der Waals surface area (Å²) in [6.45, 7) is 3.25. The van der Waals surface area contributed by atoms with Crippen molar-refractivity contribution >= 4 is 17.5 Å². The van der Waals surface area contributed by atoms with Gasteiger partial charge in [0.25, 0.3) is 5.91 Å². The molecule has 0 atom stereocenters. The van der Waals surface area contributed by atoms with Crippen LogP contribution < -0.4 is 20.1 Å². The maximum Gasteiger partial charge on any atom is 0.251 e. The van der Waals surface area contributed by atoms with Crippen LogP contribution in [0.5, 0.6) is 11.5 Å². The molecule has 0 fully saturated rings. The average molecular weight is 340 g/mol. The lowest BCUT2D eigenvalue weighted by atomic mass is 10.1. The van der Waals surface area contributed by atoms with Crippen LogP contribution in [-0.4, -0.2) is 31.6 Å². The number of carbonyl (C=O) groups is 2. The molecule has 0 saturated heterocycles. The zero-order chi connectivity index (χ0) is 17.6. The Morgan fingerprint density at radius 2 is 1.72 bits per heavy atom. The summed E-state index contributed by atoms with van der Waals surface area (Å²) in [4.78, 5) is 24.0. The zero-order valence-corrected chi connectivity index (χ0v) is 14.0. The fourth-order valence-corrected chi connectivity index (χ4v) is 2.44. The molecular formula is C19H20N2O4. The van der Waals surface area contributed by atoms with E-state index in [2.05, 4.69) is 10.6 Å². The maximum atomic E-state index is 12.0. The van der Waals surface area contributed by atoms with Crippen LogP contribution in [-0.2, 0) is 4.79 Å². The van der Waals surface area contributed by atoms with Crippen molar-refractivity contribution in [1.29, 1.82) is 0 Å². The van der Waals surface area contributed by atoms with Crippen molar-refractivity contribution in [2.45, 2.75) is 13.3 Å². The van der Waals surface area contributed by atoms with Crippen molar-refractivity contribution < 1.29 is 19.1 Å². The number of amides is 2. The van der Waals surface area contributed by atoms with Gasteiger partial charge in [0, 0.05) is 30.3 Å². The minimum atomic E-state index is -0.188. The van der Waals surface area contributed by atoms with Gasteiger partial charge in [-0.2, -0.15) is 0 Å². The summed E-state index contributed by atoms with van der Waals surface area (Å²) in [6, 6.07) is 12.5. The van der Waals surface area contributed by atoms with Crippen molar-refractivity contribution in [3.05, 3.63) is 53.6 Å². The SMILES string of the molecule is Cc1ccc(C(=O)NCCC(=O)Nc2ccc3c(c2)OCCO3)cc1. The standard InChI is InChI=1S/C19H20N2O4/c1-13-2-4-14(5-3-13)19(23)20-9-8-18(22)21-15-6-7-16-17(12-15)25-11-10-24-16/h2-7,12H,8-11H2,1H3,(H,20,23)(H,21,22). The van der Waals surface area contributed by atoms with Crippen molar-refractivity contribution in [2.24, 2.45) is 0 Å². The maximum absolute atomic E-state index is 12.0. The second-order valence-corrected chi connectivity index (χ2v) is 5.78. The van der Waals surface area contributed by atoms with Gasteiger partial charge in [-0.25, -0.2) is 0 Å². The molecule has 1 heterocycles. The minimum Gasteiger partial charge on any atom is -0.486 e. The summed E-state index contributed by atoms with van der Waals surface area (Å²) in [5.74, 6) is 0.930. The van der Waals surface area contributed by atoms with Crippen LogP contribution in [0.1, 0.15) is 22.3 Å². The van der Waals surface area contributed by atoms with E-state index in [1.807, 2.05) is 19.1 Å². The van der Waals surface area contributed by atoms with Crippen molar-refractivity contribution in [2.75, 3.05) is 25.1 Å². The first kappa shape index (κ1) is 16.8. The van der Waals surface area contributed by atoms with Crippen molar-refractivity contribution in [3.63, 3.8) is 0 Å². The van der Waals surface area contributed by atoms with Crippen LogP contribution in [0, 0.1) is 6.92 Å². The Labute approximate surface area is 146 Å². The number of ether oxygens (including phenoxy) is 2. The number of rotatable bonds is 5. The van der Waals surface area contributed by atoms with Crippen LogP contribution in [0.3, 0.4) is 0 Å².